The van der Waals surface area contributed by atoms with Crippen LogP contribution in [0.5, 0.6) is 0 Å². The molecule has 0 aliphatic carbocycles. The monoisotopic (exact) mass is 255 g/mol. The van der Waals surface area contributed by atoms with Gasteiger partial charge in [-0.15, -0.1) is 0 Å². The lowest BCUT2D eigenvalue weighted by molar-refractivity contribution is -0.117. The third-order valence-electron chi connectivity index (χ3n) is 2.65. The maximum Gasteiger partial charge on any atom is 0.238 e. The van der Waals surface area contributed by atoms with Crippen molar-refractivity contribution in [3.63, 3.8) is 0 Å². The number of carbonyl (C=O) groups excluding carboxylic acids is 1. The minimum Gasteiger partial charge on any atom is -0.392 e. The van der Waals surface area contributed by atoms with Gasteiger partial charge in [-0.1, -0.05) is 11.6 Å². The first-order valence-corrected chi connectivity index (χ1v) is 5.84. The maximum atomic E-state index is 11.7. The number of carbonyl (C=O) groups is 1. The van der Waals surface area contributed by atoms with E-state index in [1.54, 1.807) is 18.3 Å². The van der Waals surface area contributed by atoms with Gasteiger partial charge in [0.15, 0.2) is 5.15 Å². The van der Waals surface area contributed by atoms with Gasteiger partial charge < -0.3 is 10.4 Å². The van der Waals surface area contributed by atoms with Crippen LogP contribution in [0.25, 0.3) is 0 Å². The lowest BCUT2D eigenvalue weighted by Crippen LogP contribution is -2.32. The van der Waals surface area contributed by atoms with Gasteiger partial charge in [0.1, 0.15) is 0 Å². The van der Waals surface area contributed by atoms with E-state index >= 15 is 0 Å². The highest BCUT2D eigenvalue weighted by Crippen LogP contribution is 2.17. The quantitative estimate of drug-likeness (QED) is 0.782. The van der Waals surface area contributed by atoms with Crippen LogP contribution in [0.4, 0.5) is 5.69 Å². The molecule has 2 rings (SSSR count). The summed E-state index contributed by atoms with van der Waals surface area (Å²) < 4.78 is 0. The fourth-order valence-electron chi connectivity index (χ4n) is 1.83. The second-order valence-electron chi connectivity index (χ2n) is 4.07. The Kier molecular flexibility index (Phi) is 3.93. The molecular formula is C11H14ClN3O2. The molecule has 1 aliphatic heterocycles. The molecule has 2 heterocycles. The Labute approximate surface area is 104 Å². The molecule has 0 radical (unpaired) electrons. The number of halogens is 1. The molecule has 0 bridgehead atoms. The van der Waals surface area contributed by atoms with Crippen LogP contribution < -0.4 is 5.32 Å². The van der Waals surface area contributed by atoms with E-state index in [4.69, 9.17) is 11.6 Å². The smallest absolute Gasteiger partial charge is 0.238 e. The minimum atomic E-state index is -0.315. The second kappa shape index (κ2) is 5.44. The van der Waals surface area contributed by atoms with Gasteiger partial charge >= 0.3 is 0 Å². The van der Waals surface area contributed by atoms with Gasteiger partial charge in [-0.25, -0.2) is 4.98 Å². The van der Waals surface area contributed by atoms with Crippen molar-refractivity contribution >= 4 is 23.2 Å². The Balaban J connectivity index is 1.87. The number of β-amino-alcohol motifs (C(OH)–C–C–N with tert-alkyl or cyclic N) is 1. The van der Waals surface area contributed by atoms with Crippen LogP contribution in [-0.4, -0.2) is 46.6 Å². The highest BCUT2D eigenvalue weighted by Gasteiger charge is 2.22. The third-order valence-corrected chi connectivity index (χ3v) is 2.95. The number of nitrogens with zero attached hydrogens (tertiary/aromatic N) is 2. The molecule has 0 saturated carbocycles. The van der Waals surface area contributed by atoms with Crippen LogP contribution in [0.15, 0.2) is 18.3 Å². The number of anilines is 1. The minimum absolute atomic E-state index is 0.144. The van der Waals surface area contributed by atoms with Crippen molar-refractivity contribution in [1.82, 2.24) is 9.88 Å². The zero-order valence-corrected chi connectivity index (χ0v) is 10.0. The molecule has 1 aliphatic rings. The molecule has 6 heteroatoms. The van der Waals surface area contributed by atoms with Gasteiger partial charge in [0.25, 0.3) is 0 Å². The van der Waals surface area contributed by atoms with Crippen LogP contribution in [0, 0.1) is 0 Å². The molecular weight excluding hydrogens is 242 g/mol. The van der Waals surface area contributed by atoms with Crippen LogP contribution in [0.1, 0.15) is 6.42 Å². The fourth-order valence-corrected chi connectivity index (χ4v) is 1.99. The molecule has 1 amide bonds. The Bertz CT molecular complexity index is 413. The van der Waals surface area contributed by atoms with E-state index < -0.39 is 0 Å². The molecule has 1 unspecified atom stereocenters. The van der Waals surface area contributed by atoms with E-state index in [0.717, 1.165) is 13.0 Å². The van der Waals surface area contributed by atoms with Crippen molar-refractivity contribution in [2.24, 2.45) is 0 Å². The van der Waals surface area contributed by atoms with E-state index in [0.29, 0.717) is 12.2 Å². The van der Waals surface area contributed by atoms with Crippen molar-refractivity contribution in [2.45, 2.75) is 12.5 Å². The molecule has 0 spiro atoms. The molecule has 1 saturated heterocycles. The van der Waals surface area contributed by atoms with Gasteiger partial charge in [-0.2, -0.15) is 0 Å². The predicted octanol–water partition coefficient (Wildman–Crippen LogP) is 0.740. The normalized spacial score (nSPS) is 20.5. The second-order valence-corrected chi connectivity index (χ2v) is 4.43. The van der Waals surface area contributed by atoms with Gasteiger partial charge in [0.2, 0.25) is 5.91 Å². The zero-order valence-electron chi connectivity index (χ0n) is 9.27. The first-order chi connectivity index (χ1) is 8.15. The Hall–Kier alpha value is -1.17. The molecule has 1 aromatic heterocycles. The molecule has 5 nitrogen and oxygen atoms in total. The number of nitrogens with one attached hydrogen (secondary N) is 1. The van der Waals surface area contributed by atoms with E-state index in [1.165, 1.54) is 0 Å². The Morgan fingerprint density at radius 1 is 1.71 bits per heavy atom. The largest absolute Gasteiger partial charge is 0.392 e. The predicted molar refractivity (Wildman–Crippen MR) is 64.9 cm³/mol. The number of amides is 1. The summed E-state index contributed by atoms with van der Waals surface area (Å²) in [5.41, 5.74) is 0.513. The zero-order chi connectivity index (χ0) is 12.3. The van der Waals surface area contributed by atoms with Crippen molar-refractivity contribution in [1.29, 1.82) is 0 Å². The number of pyridine rings is 1. The number of aliphatic hydroxyl groups is 1. The average Bonchev–Trinajstić information content (AvgIpc) is 2.67. The van der Waals surface area contributed by atoms with Gasteiger partial charge in [-0.05, 0) is 18.6 Å². The number of rotatable bonds is 3. The average molecular weight is 256 g/mol. The van der Waals surface area contributed by atoms with E-state index in [2.05, 4.69) is 10.3 Å². The first-order valence-electron chi connectivity index (χ1n) is 5.46. The molecule has 17 heavy (non-hydrogen) atoms. The summed E-state index contributed by atoms with van der Waals surface area (Å²) in [6, 6.07) is 3.41. The highest BCUT2D eigenvalue weighted by molar-refractivity contribution is 6.32. The number of hydrogen-bond acceptors (Lipinski definition) is 4. The van der Waals surface area contributed by atoms with E-state index in [-0.39, 0.29) is 23.7 Å². The summed E-state index contributed by atoms with van der Waals surface area (Å²) in [6.45, 7) is 1.56. The van der Waals surface area contributed by atoms with Crippen molar-refractivity contribution in [3.8, 4) is 0 Å². The SMILES string of the molecule is O=C(CN1CCC(O)C1)Nc1cccnc1Cl. The summed E-state index contributed by atoms with van der Waals surface area (Å²) in [7, 11) is 0. The number of likely N-dealkylation sites (tertiary alicyclic amines) is 1. The molecule has 1 atom stereocenters. The summed E-state index contributed by atoms with van der Waals surface area (Å²) in [5, 5.41) is 12.3. The molecule has 2 N–H and O–H groups in total. The topological polar surface area (TPSA) is 65.5 Å². The van der Waals surface area contributed by atoms with Gasteiger partial charge in [0.05, 0.1) is 18.3 Å². The number of aromatic nitrogens is 1. The van der Waals surface area contributed by atoms with Gasteiger partial charge in [0, 0.05) is 19.3 Å². The van der Waals surface area contributed by atoms with Gasteiger partial charge in [-0.3, -0.25) is 9.69 Å². The molecule has 1 aromatic rings. The van der Waals surface area contributed by atoms with Crippen LogP contribution in [-0.2, 0) is 4.79 Å². The van der Waals surface area contributed by atoms with Crippen molar-refractivity contribution < 1.29 is 9.90 Å². The summed E-state index contributed by atoms with van der Waals surface area (Å²) in [4.78, 5) is 17.5. The van der Waals surface area contributed by atoms with Crippen molar-refractivity contribution in [2.75, 3.05) is 25.0 Å². The summed E-state index contributed by atoms with van der Waals surface area (Å²) >= 11 is 5.83. The standard InChI is InChI=1S/C11H14ClN3O2/c12-11-9(2-1-4-13-11)14-10(17)7-15-5-3-8(16)6-15/h1-2,4,8,16H,3,5-7H2,(H,14,17). The van der Waals surface area contributed by atoms with Crippen molar-refractivity contribution in [3.05, 3.63) is 23.5 Å². The van der Waals surface area contributed by atoms with Crippen LogP contribution in [0.3, 0.4) is 0 Å². The van der Waals surface area contributed by atoms with Crippen LogP contribution >= 0.6 is 11.6 Å². The Morgan fingerprint density at radius 2 is 2.53 bits per heavy atom. The Morgan fingerprint density at radius 3 is 3.18 bits per heavy atom. The van der Waals surface area contributed by atoms with E-state index in [9.17, 15) is 9.90 Å². The van der Waals surface area contributed by atoms with E-state index in [1.807, 2.05) is 4.90 Å². The third kappa shape index (κ3) is 3.39. The fraction of sp³-hybridized carbons (Fsp3) is 0.455. The molecule has 0 aromatic carbocycles. The molecule has 92 valence electrons. The lowest BCUT2D eigenvalue weighted by atomic mass is 10.3. The number of aliphatic hydroxyl groups excluding tert-OH is 1. The maximum absolute atomic E-state index is 11.7. The van der Waals surface area contributed by atoms with Crippen LogP contribution in [0.2, 0.25) is 5.15 Å². The molecule has 1 fully saturated rings. The lowest BCUT2D eigenvalue weighted by Gasteiger charge is -2.14. The summed E-state index contributed by atoms with van der Waals surface area (Å²) in [5.74, 6) is -0.144. The number of hydrogen-bond donors (Lipinski definition) is 2. The highest BCUT2D eigenvalue weighted by atomic mass is 35.5. The first kappa shape index (κ1) is 12.3. The summed E-state index contributed by atoms with van der Waals surface area (Å²) in [6.07, 6.45) is 1.97.